The Labute approximate surface area is 155 Å². The van der Waals surface area contributed by atoms with Crippen molar-refractivity contribution in [2.75, 3.05) is 33.9 Å². The van der Waals surface area contributed by atoms with E-state index in [1.807, 2.05) is 0 Å². The van der Waals surface area contributed by atoms with Crippen LogP contribution in [0.4, 0.5) is 0 Å². The number of ether oxygens (including phenoxy) is 3. The minimum atomic E-state index is -0.291. The predicted molar refractivity (Wildman–Crippen MR) is 101 cm³/mol. The third-order valence-electron chi connectivity index (χ3n) is 3.83. The van der Waals surface area contributed by atoms with E-state index in [1.54, 1.807) is 50.3 Å². The van der Waals surface area contributed by atoms with Gasteiger partial charge in [0, 0.05) is 24.7 Å². The van der Waals surface area contributed by atoms with Crippen molar-refractivity contribution in [3.05, 3.63) is 29.8 Å². The number of carbonyl (C=O) groups is 2. The summed E-state index contributed by atoms with van der Waals surface area (Å²) in [6.07, 6.45) is 5.24. The highest BCUT2D eigenvalue weighted by molar-refractivity contribution is 5.92. The molecule has 0 aromatic heterocycles. The first-order valence-corrected chi connectivity index (χ1v) is 8.90. The maximum Gasteiger partial charge on any atom is 0.307 e. The van der Waals surface area contributed by atoms with Gasteiger partial charge >= 0.3 is 5.97 Å². The fourth-order valence-corrected chi connectivity index (χ4v) is 2.38. The van der Waals surface area contributed by atoms with E-state index < -0.39 is 0 Å². The Hall–Kier alpha value is -2.50. The highest BCUT2D eigenvalue weighted by Crippen LogP contribution is 2.25. The second kappa shape index (κ2) is 12.0. The van der Waals surface area contributed by atoms with Gasteiger partial charge in [-0.15, -0.1) is 0 Å². The monoisotopic (exact) mass is 363 g/mol. The number of esters is 1. The number of unbranched alkanes of at least 4 members (excludes halogenated alkanes) is 1. The molecule has 0 unspecified atom stereocenters. The summed E-state index contributed by atoms with van der Waals surface area (Å²) in [4.78, 5) is 25.8. The molecule has 0 atom stereocenters. The lowest BCUT2D eigenvalue weighted by molar-refractivity contribution is -0.143. The van der Waals surface area contributed by atoms with Crippen LogP contribution in [0.1, 0.15) is 38.7 Å². The van der Waals surface area contributed by atoms with E-state index >= 15 is 0 Å². The molecule has 0 saturated heterocycles. The van der Waals surface area contributed by atoms with Gasteiger partial charge in [-0.3, -0.25) is 9.59 Å². The number of rotatable bonds is 11. The number of methoxy groups -OCH3 is 2. The van der Waals surface area contributed by atoms with Gasteiger partial charge in [0.25, 0.3) is 0 Å². The number of hydrogen-bond acceptors (Lipinski definition) is 5. The molecule has 0 fully saturated rings. The van der Waals surface area contributed by atoms with E-state index in [2.05, 4.69) is 6.92 Å². The number of benzene rings is 1. The van der Waals surface area contributed by atoms with Crippen LogP contribution in [0.15, 0.2) is 24.3 Å². The minimum Gasteiger partial charge on any atom is -0.497 e. The zero-order valence-electron chi connectivity index (χ0n) is 16.1. The van der Waals surface area contributed by atoms with Gasteiger partial charge in [-0.05, 0) is 37.6 Å². The Balaban J connectivity index is 2.84. The summed E-state index contributed by atoms with van der Waals surface area (Å²) in [7, 11) is 3.16. The van der Waals surface area contributed by atoms with E-state index in [9.17, 15) is 9.59 Å². The van der Waals surface area contributed by atoms with Crippen molar-refractivity contribution in [2.24, 2.45) is 0 Å². The quantitative estimate of drug-likeness (QED) is 0.446. The van der Waals surface area contributed by atoms with Crippen molar-refractivity contribution in [3.63, 3.8) is 0 Å². The average Bonchev–Trinajstić information content (AvgIpc) is 2.66. The number of amides is 1. The molecule has 1 aromatic rings. The molecule has 6 nitrogen and oxygen atoms in total. The molecule has 0 bridgehead atoms. The van der Waals surface area contributed by atoms with Crippen molar-refractivity contribution < 1.29 is 23.8 Å². The maximum atomic E-state index is 12.6. The molecule has 144 valence electrons. The SMILES string of the molecule is CCCCN(CCC(=O)OCC)C(=O)/C=C/c1cc(OC)ccc1OC. The van der Waals surface area contributed by atoms with Gasteiger partial charge in [-0.25, -0.2) is 0 Å². The average molecular weight is 363 g/mol. The zero-order valence-corrected chi connectivity index (χ0v) is 16.1. The molecule has 0 aliphatic carbocycles. The fourth-order valence-electron chi connectivity index (χ4n) is 2.38. The van der Waals surface area contributed by atoms with Crippen molar-refractivity contribution in [3.8, 4) is 11.5 Å². The Kier molecular flexibility index (Phi) is 9.90. The summed E-state index contributed by atoms with van der Waals surface area (Å²) in [5.74, 6) is 0.900. The van der Waals surface area contributed by atoms with Crippen LogP contribution in [0.3, 0.4) is 0 Å². The summed E-state index contributed by atoms with van der Waals surface area (Å²) < 4.78 is 15.5. The summed E-state index contributed by atoms with van der Waals surface area (Å²) >= 11 is 0. The molecule has 0 heterocycles. The Morgan fingerprint density at radius 1 is 1.12 bits per heavy atom. The Bertz CT molecular complexity index is 612. The lowest BCUT2D eigenvalue weighted by Crippen LogP contribution is -2.32. The van der Waals surface area contributed by atoms with Gasteiger partial charge in [0.1, 0.15) is 11.5 Å². The number of nitrogens with zero attached hydrogens (tertiary/aromatic N) is 1. The number of carbonyl (C=O) groups excluding carboxylic acids is 2. The molecule has 6 heteroatoms. The summed E-state index contributed by atoms with van der Waals surface area (Å²) in [6.45, 7) is 5.12. The van der Waals surface area contributed by atoms with Gasteiger partial charge in [0.2, 0.25) is 5.91 Å². The molecule has 0 radical (unpaired) electrons. The topological polar surface area (TPSA) is 65.1 Å². The predicted octanol–water partition coefficient (Wildman–Crippen LogP) is 3.30. The smallest absolute Gasteiger partial charge is 0.307 e. The molecule has 1 amide bonds. The van der Waals surface area contributed by atoms with Crippen molar-refractivity contribution in [1.82, 2.24) is 4.90 Å². The standard InChI is InChI=1S/C20H29NO5/c1-5-7-13-21(14-12-20(23)26-6-2)19(22)11-8-16-15-17(24-3)9-10-18(16)25-4/h8-11,15H,5-7,12-14H2,1-4H3/b11-8+. The molecule has 1 aromatic carbocycles. The first kappa shape index (κ1) is 21.5. The molecule has 0 spiro atoms. The van der Waals surface area contributed by atoms with E-state index in [4.69, 9.17) is 14.2 Å². The van der Waals surface area contributed by atoms with Gasteiger partial charge in [-0.1, -0.05) is 13.3 Å². The molecule has 0 saturated carbocycles. The summed E-state index contributed by atoms with van der Waals surface area (Å²) in [5.41, 5.74) is 0.751. The van der Waals surface area contributed by atoms with Crippen LogP contribution in [-0.4, -0.2) is 50.7 Å². The first-order chi connectivity index (χ1) is 12.5. The molecule has 26 heavy (non-hydrogen) atoms. The van der Waals surface area contributed by atoms with Crippen LogP contribution >= 0.6 is 0 Å². The third kappa shape index (κ3) is 7.17. The largest absolute Gasteiger partial charge is 0.497 e. The van der Waals surface area contributed by atoms with Crippen molar-refractivity contribution in [1.29, 1.82) is 0 Å². The summed E-state index contributed by atoms with van der Waals surface area (Å²) in [6, 6.07) is 5.39. The molecular formula is C20H29NO5. The van der Waals surface area contributed by atoms with E-state index in [0.717, 1.165) is 18.4 Å². The van der Waals surface area contributed by atoms with Crippen LogP contribution in [0.25, 0.3) is 6.08 Å². The normalized spacial score (nSPS) is 10.6. The first-order valence-electron chi connectivity index (χ1n) is 8.90. The van der Waals surface area contributed by atoms with Crippen LogP contribution in [0, 0.1) is 0 Å². The van der Waals surface area contributed by atoms with Crippen LogP contribution < -0.4 is 9.47 Å². The fraction of sp³-hybridized carbons (Fsp3) is 0.500. The van der Waals surface area contributed by atoms with E-state index in [0.29, 0.717) is 31.2 Å². The molecule has 0 N–H and O–H groups in total. The number of hydrogen-bond donors (Lipinski definition) is 0. The maximum absolute atomic E-state index is 12.6. The van der Waals surface area contributed by atoms with E-state index in [1.165, 1.54) is 6.08 Å². The lowest BCUT2D eigenvalue weighted by atomic mass is 10.1. The van der Waals surface area contributed by atoms with Crippen LogP contribution in [0.2, 0.25) is 0 Å². The molecule has 0 aliphatic heterocycles. The molecule has 0 aliphatic rings. The Morgan fingerprint density at radius 2 is 1.88 bits per heavy atom. The van der Waals surface area contributed by atoms with Gasteiger partial charge in [0.15, 0.2) is 0 Å². The van der Waals surface area contributed by atoms with Crippen molar-refractivity contribution >= 4 is 18.0 Å². The third-order valence-corrected chi connectivity index (χ3v) is 3.83. The molecule has 1 rings (SSSR count). The highest BCUT2D eigenvalue weighted by Gasteiger charge is 2.13. The van der Waals surface area contributed by atoms with Crippen LogP contribution in [0.5, 0.6) is 11.5 Å². The van der Waals surface area contributed by atoms with Gasteiger partial charge in [0.05, 0.1) is 27.2 Å². The Morgan fingerprint density at radius 3 is 2.50 bits per heavy atom. The lowest BCUT2D eigenvalue weighted by Gasteiger charge is -2.20. The van der Waals surface area contributed by atoms with Gasteiger partial charge in [-0.2, -0.15) is 0 Å². The van der Waals surface area contributed by atoms with Crippen LogP contribution in [-0.2, 0) is 14.3 Å². The second-order valence-corrected chi connectivity index (χ2v) is 5.68. The highest BCUT2D eigenvalue weighted by atomic mass is 16.5. The van der Waals surface area contributed by atoms with E-state index in [-0.39, 0.29) is 18.3 Å². The molecular weight excluding hydrogens is 334 g/mol. The van der Waals surface area contributed by atoms with Gasteiger partial charge < -0.3 is 19.1 Å². The zero-order chi connectivity index (χ0) is 19.4. The van der Waals surface area contributed by atoms with Crippen molar-refractivity contribution in [2.45, 2.75) is 33.1 Å². The second-order valence-electron chi connectivity index (χ2n) is 5.68. The summed E-state index contributed by atoms with van der Waals surface area (Å²) in [5, 5.41) is 0. The minimum absolute atomic E-state index is 0.146.